The van der Waals surface area contributed by atoms with Gasteiger partial charge in [0.25, 0.3) is 0 Å². The van der Waals surface area contributed by atoms with Crippen LogP contribution in [-0.4, -0.2) is 47.8 Å². The molecule has 1 aliphatic rings. The summed E-state index contributed by atoms with van der Waals surface area (Å²) in [5.74, 6) is 2.66. The van der Waals surface area contributed by atoms with Gasteiger partial charge in [0.2, 0.25) is 0 Å². The van der Waals surface area contributed by atoms with Gasteiger partial charge in [-0.1, -0.05) is 24.3 Å². The number of nitrogens with zero attached hydrogens (tertiary/aromatic N) is 8. The summed E-state index contributed by atoms with van der Waals surface area (Å²) in [6.07, 6.45) is 4.89. The Morgan fingerprint density at radius 2 is 1.89 bits per heavy atom. The van der Waals surface area contributed by atoms with E-state index >= 15 is 0 Å². The Balaban J connectivity index is 1.43. The minimum atomic E-state index is 0.781. The molecular weight excluding hydrogens is 340 g/mol. The van der Waals surface area contributed by atoms with Crippen molar-refractivity contribution in [3.05, 3.63) is 60.7 Å². The number of aromatic nitrogens is 7. The molecule has 0 saturated heterocycles. The van der Waals surface area contributed by atoms with Gasteiger partial charge in [-0.05, 0) is 46.7 Å². The number of anilines is 1. The summed E-state index contributed by atoms with van der Waals surface area (Å²) >= 11 is 0. The lowest BCUT2D eigenvalue weighted by atomic mass is 10.1. The Bertz CT molecular complexity index is 1140. The van der Waals surface area contributed by atoms with Crippen molar-refractivity contribution in [1.29, 1.82) is 0 Å². The van der Waals surface area contributed by atoms with Crippen LogP contribution in [0.3, 0.4) is 0 Å². The first-order valence-corrected chi connectivity index (χ1v) is 8.86. The maximum Gasteiger partial charge on any atom is 0.177 e. The Labute approximate surface area is 155 Å². The lowest BCUT2D eigenvalue weighted by molar-refractivity contribution is 0.699. The fraction of sp³-hybridized carbons (Fsp3) is 0.211. The van der Waals surface area contributed by atoms with Gasteiger partial charge in [0.1, 0.15) is 18.0 Å². The Morgan fingerprint density at radius 3 is 2.70 bits per heavy atom. The highest BCUT2D eigenvalue weighted by molar-refractivity contribution is 5.76. The van der Waals surface area contributed by atoms with Crippen LogP contribution in [0.1, 0.15) is 12.2 Å². The second-order valence-corrected chi connectivity index (χ2v) is 6.51. The number of tetrazole rings is 1. The number of benzene rings is 1. The first-order valence-electron chi connectivity index (χ1n) is 8.86. The number of para-hydroxylation sites is 2. The monoisotopic (exact) mass is 358 g/mol. The van der Waals surface area contributed by atoms with Gasteiger partial charge in [-0.25, -0.2) is 14.6 Å². The summed E-state index contributed by atoms with van der Waals surface area (Å²) in [5, 5.41) is 11.7. The van der Waals surface area contributed by atoms with Crippen LogP contribution < -0.4 is 4.90 Å². The van der Waals surface area contributed by atoms with Crippen molar-refractivity contribution in [2.75, 3.05) is 18.0 Å². The molecule has 1 aromatic carbocycles. The Morgan fingerprint density at radius 1 is 1.00 bits per heavy atom. The summed E-state index contributed by atoms with van der Waals surface area (Å²) < 4.78 is 3.74. The van der Waals surface area contributed by atoms with Crippen LogP contribution in [0.2, 0.25) is 0 Å². The molecule has 134 valence electrons. The highest BCUT2D eigenvalue weighted by atomic mass is 15.5. The molecule has 1 aliphatic heterocycles. The van der Waals surface area contributed by atoms with Crippen molar-refractivity contribution < 1.29 is 0 Å². The van der Waals surface area contributed by atoms with E-state index in [1.807, 2.05) is 54.3 Å². The first-order chi connectivity index (χ1) is 13.3. The van der Waals surface area contributed by atoms with E-state index in [1.54, 1.807) is 4.68 Å². The van der Waals surface area contributed by atoms with Crippen molar-refractivity contribution in [2.45, 2.75) is 6.42 Å². The first kappa shape index (κ1) is 15.7. The lowest BCUT2D eigenvalue weighted by Gasteiger charge is -2.27. The zero-order valence-electron chi connectivity index (χ0n) is 14.9. The zero-order valence-corrected chi connectivity index (χ0v) is 14.9. The predicted octanol–water partition coefficient (Wildman–Crippen LogP) is 2.24. The van der Waals surface area contributed by atoms with Gasteiger partial charge in [0, 0.05) is 20.1 Å². The minimum absolute atomic E-state index is 0.781. The molecule has 0 amide bonds. The van der Waals surface area contributed by atoms with E-state index in [1.165, 1.54) is 5.57 Å². The molecule has 0 atom stereocenters. The van der Waals surface area contributed by atoms with Crippen LogP contribution in [0.5, 0.6) is 0 Å². The average Bonchev–Trinajstić information content (AvgIpc) is 3.34. The van der Waals surface area contributed by atoms with Crippen LogP contribution in [0.4, 0.5) is 5.82 Å². The van der Waals surface area contributed by atoms with E-state index in [2.05, 4.69) is 37.6 Å². The molecule has 0 N–H and O–H groups in total. The molecule has 8 heteroatoms. The molecule has 27 heavy (non-hydrogen) atoms. The molecule has 0 spiro atoms. The van der Waals surface area contributed by atoms with Crippen molar-refractivity contribution in [3.63, 3.8) is 0 Å². The van der Waals surface area contributed by atoms with E-state index < -0.39 is 0 Å². The van der Waals surface area contributed by atoms with Crippen molar-refractivity contribution in [2.24, 2.45) is 7.05 Å². The van der Waals surface area contributed by atoms with E-state index in [-0.39, 0.29) is 0 Å². The lowest BCUT2D eigenvalue weighted by Crippen LogP contribution is -2.29. The third-order valence-electron chi connectivity index (χ3n) is 4.86. The second kappa shape index (κ2) is 6.31. The molecule has 0 fully saturated rings. The van der Waals surface area contributed by atoms with Gasteiger partial charge in [-0.3, -0.25) is 4.57 Å². The Kier molecular flexibility index (Phi) is 3.67. The highest BCUT2D eigenvalue weighted by Crippen LogP contribution is 2.24. The number of aryl methyl sites for hydroxylation is 1. The van der Waals surface area contributed by atoms with Gasteiger partial charge >= 0.3 is 0 Å². The van der Waals surface area contributed by atoms with Crippen molar-refractivity contribution >= 4 is 22.4 Å². The summed E-state index contributed by atoms with van der Waals surface area (Å²) in [6.45, 7) is 1.66. The summed E-state index contributed by atoms with van der Waals surface area (Å²) in [4.78, 5) is 11.6. The van der Waals surface area contributed by atoms with E-state index in [9.17, 15) is 0 Å². The predicted molar refractivity (Wildman–Crippen MR) is 102 cm³/mol. The molecule has 0 radical (unpaired) electrons. The number of hydrogen-bond acceptors (Lipinski definition) is 6. The topological polar surface area (TPSA) is 77.5 Å². The quantitative estimate of drug-likeness (QED) is 0.559. The molecule has 0 saturated carbocycles. The van der Waals surface area contributed by atoms with Crippen LogP contribution >= 0.6 is 0 Å². The maximum atomic E-state index is 4.87. The van der Waals surface area contributed by atoms with Crippen LogP contribution in [0.15, 0.2) is 54.9 Å². The number of rotatable bonds is 3. The normalized spacial score (nSPS) is 14.6. The van der Waals surface area contributed by atoms with Gasteiger partial charge in [-0.15, -0.1) is 5.10 Å². The molecule has 0 aliphatic carbocycles. The number of imidazole rings is 1. The molecule has 3 aromatic heterocycles. The third kappa shape index (κ3) is 2.75. The molecular formula is C19H18N8. The molecule has 8 nitrogen and oxygen atoms in total. The van der Waals surface area contributed by atoms with Crippen LogP contribution in [0.25, 0.3) is 22.4 Å². The third-order valence-corrected chi connectivity index (χ3v) is 4.86. The van der Waals surface area contributed by atoms with E-state index in [0.717, 1.165) is 48.0 Å². The number of pyridine rings is 1. The molecule has 5 rings (SSSR count). The van der Waals surface area contributed by atoms with Gasteiger partial charge < -0.3 is 4.90 Å². The van der Waals surface area contributed by atoms with E-state index in [4.69, 9.17) is 4.98 Å². The van der Waals surface area contributed by atoms with Gasteiger partial charge in [0.05, 0.1) is 11.0 Å². The average molecular weight is 358 g/mol. The molecule has 0 unspecified atom stereocenters. The molecule has 4 heterocycles. The number of hydrogen-bond donors (Lipinski definition) is 0. The maximum absolute atomic E-state index is 4.87. The van der Waals surface area contributed by atoms with Gasteiger partial charge in [-0.2, -0.15) is 0 Å². The summed E-state index contributed by atoms with van der Waals surface area (Å²) in [5.41, 5.74) is 3.20. The zero-order chi connectivity index (χ0) is 18.2. The van der Waals surface area contributed by atoms with E-state index in [0.29, 0.717) is 0 Å². The van der Waals surface area contributed by atoms with Crippen LogP contribution in [0, 0.1) is 0 Å². The van der Waals surface area contributed by atoms with Crippen molar-refractivity contribution in [1.82, 2.24) is 34.7 Å². The molecule has 0 bridgehead atoms. The van der Waals surface area contributed by atoms with Crippen molar-refractivity contribution in [3.8, 4) is 5.82 Å². The standard InChI is InChI=1S/C19H18N8/c1-25-19(22-23-24-25)14-9-11-26(12-10-14)17-7-4-8-18(21-17)27-13-20-15-5-2-3-6-16(15)27/h2-9,13H,10-12H2,1H3. The van der Waals surface area contributed by atoms with Gasteiger partial charge in [0.15, 0.2) is 5.82 Å². The number of fused-ring (bicyclic) bond motifs is 1. The minimum Gasteiger partial charge on any atom is -0.352 e. The molecule has 4 aromatic rings. The Hall–Kier alpha value is -3.55. The fourth-order valence-electron chi connectivity index (χ4n) is 3.45. The SMILES string of the molecule is Cn1nnnc1C1=CCN(c2cccc(-n3cnc4ccccc43)n2)CC1. The summed E-state index contributed by atoms with van der Waals surface area (Å²) in [7, 11) is 1.86. The smallest absolute Gasteiger partial charge is 0.177 e. The second-order valence-electron chi connectivity index (χ2n) is 6.51. The van der Waals surface area contributed by atoms with Crippen LogP contribution in [-0.2, 0) is 7.05 Å². The fourth-order valence-corrected chi connectivity index (χ4v) is 3.45. The highest BCUT2D eigenvalue weighted by Gasteiger charge is 2.18. The summed E-state index contributed by atoms with van der Waals surface area (Å²) in [6, 6.07) is 14.2. The largest absolute Gasteiger partial charge is 0.352 e.